The summed E-state index contributed by atoms with van der Waals surface area (Å²) in [6.45, 7) is 2.18. The molecule has 0 aromatic carbocycles. The topological polar surface area (TPSA) is 59.7 Å². The highest BCUT2D eigenvalue weighted by molar-refractivity contribution is 6.28. The van der Waals surface area contributed by atoms with E-state index >= 15 is 0 Å². The Morgan fingerprint density at radius 3 is 2.79 bits per heavy atom. The van der Waals surface area contributed by atoms with Crippen molar-refractivity contribution in [3.8, 4) is 5.95 Å². The molecular weight excluding hydrogens is 264 g/mol. The Morgan fingerprint density at radius 1 is 1.37 bits per heavy atom. The molecule has 100 valence electrons. The lowest BCUT2D eigenvalue weighted by Crippen LogP contribution is -2.32. The highest BCUT2D eigenvalue weighted by Gasteiger charge is 2.31. The third-order valence-electron chi connectivity index (χ3n) is 3.52. The standard InChI is InChI=1S/C12H15ClN6/c1-8(9-4-5-9)18(2)11-15-10(13)16-12(17-11)19-7-3-6-14-19/h3,6-9H,4-5H2,1-2H3. The van der Waals surface area contributed by atoms with Gasteiger partial charge in [-0.1, -0.05) is 0 Å². The van der Waals surface area contributed by atoms with Gasteiger partial charge in [-0.25, -0.2) is 4.68 Å². The van der Waals surface area contributed by atoms with Crippen LogP contribution in [0.25, 0.3) is 5.95 Å². The minimum Gasteiger partial charge on any atom is -0.341 e. The second-order valence-electron chi connectivity index (χ2n) is 4.84. The molecule has 0 bridgehead atoms. The van der Waals surface area contributed by atoms with Crippen LogP contribution in [-0.4, -0.2) is 37.8 Å². The van der Waals surface area contributed by atoms with Crippen molar-refractivity contribution in [1.82, 2.24) is 24.7 Å². The molecule has 3 rings (SSSR count). The van der Waals surface area contributed by atoms with Crippen LogP contribution in [0.4, 0.5) is 5.95 Å². The molecule has 0 saturated heterocycles. The molecule has 1 fully saturated rings. The highest BCUT2D eigenvalue weighted by atomic mass is 35.5. The Morgan fingerprint density at radius 2 is 2.16 bits per heavy atom. The fraction of sp³-hybridized carbons (Fsp3) is 0.500. The summed E-state index contributed by atoms with van der Waals surface area (Å²) in [5.74, 6) is 1.76. The van der Waals surface area contributed by atoms with Crippen molar-refractivity contribution in [1.29, 1.82) is 0 Å². The summed E-state index contributed by atoms with van der Waals surface area (Å²) in [6, 6.07) is 2.22. The summed E-state index contributed by atoms with van der Waals surface area (Å²) in [6.07, 6.45) is 6.00. The zero-order valence-corrected chi connectivity index (χ0v) is 11.6. The molecule has 1 aliphatic carbocycles. The Labute approximate surface area is 116 Å². The van der Waals surface area contributed by atoms with Gasteiger partial charge in [0.15, 0.2) is 0 Å². The van der Waals surface area contributed by atoms with E-state index < -0.39 is 0 Å². The number of anilines is 1. The largest absolute Gasteiger partial charge is 0.341 e. The van der Waals surface area contributed by atoms with E-state index in [9.17, 15) is 0 Å². The van der Waals surface area contributed by atoms with Crippen molar-refractivity contribution in [3.63, 3.8) is 0 Å². The molecule has 2 aromatic heterocycles. The lowest BCUT2D eigenvalue weighted by molar-refractivity contribution is 0.594. The molecule has 6 nitrogen and oxygen atoms in total. The molecule has 19 heavy (non-hydrogen) atoms. The molecule has 0 radical (unpaired) electrons. The zero-order chi connectivity index (χ0) is 13.4. The number of aromatic nitrogens is 5. The molecule has 1 aliphatic rings. The van der Waals surface area contributed by atoms with Gasteiger partial charge in [0.05, 0.1) is 0 Å². The van der Waals surface area contributed by atoms with Gasteiger partial charge < -0.3 is 4.90 Å². The summed E-state index contributed by atoms with van der Waals surface area (Å²) in [5, 5.41) is 4.29. The molecule has 1 unspecified atom stereocenters. The lowest BCUT2D eigenvalue weighted by atomic mass is 10.2. The van der Waals surface area contributed by atoms with Crippen LogP contribution in [0.2, 0.25) is 5.28 Å². The van der Waals surface area contributed by atoms with Crippen LogP contribution in [0, 0.1) is 5.92 Å². The smallest absolute Gasteiger partial charge is 0.256 e. The minimum atomic E-state index is 0.186. The third-order valence-corrected chi connectivity index (χ3v) is 3.69. The van der Waals surface area contributed by atoms with Crippen LogP contribution in [0.15, 0.2) is 18.5 Å². The van der Waals surface area contributed by atoms with Crippen molar-refractivity contribution in [2.24, 2.45) is 5.92 Å². The van der Waals surface area contributed by atoms with Crippen LogP contribution in [0.3, 0.4) is 0 Å². The van der Waals surface area contributed by atoms with E-state index in [4.69, 9.17) is 11.6 Å². The van der Waals surface area contributed by atoms with Gasteiger partial charge in [0.1, 0.15) is 0 Å². The van der Waals surface area contributed by atoms with Crippen molar-refractivity contribution in [2.45, 2.75) is 25.8 Å². The van der Waals surface area contributed by atoms with Crippen LogP contribution in [0.5, 0.6) is 0 Å². The van der Waals surface area contributed by atoms with Crippen molar-refractivity contribution >= 4 is 17.5 Å². The molecule has 0 N–H and O–H groups in total. The summed E-state index contributed by atoms with van der Waals surface area (Å²) >= 11 is 5.98. The fourth-order valence-electron chi connectivity index (χ4n) is 2.05. The summed E-state index contributed by atoms with van der Waals surface area (Å²) < 4.78 is 1.58. The van der Waals surface area contributed by atoms with E-state index in [1.54, 1.807) is 17.1 Å². The molecule has 2 heterocycles. The van der Waals surface area contributed by atoms with Crippen LogP contribution in [0.1, 0.15) is 19.8 Å². The van der Waals surface area contributed by atoms with Crippen LogP contribution >= 0.6 is 11.6 Å². The maximum atomic E-state index is 5.98. The van der Waals surface area contributed by atoms with Crippen molar-refractivity contribution in [3.05, 3.63) is 23.7 Å². The number of halogens is 1. The monoisotopic (exact) mass is 278 g/mol. The van der Waals surface area contributed by atoms with Gasteiger partial charge in [-0.3, -0.25) is 0 Å². The molecule has 2 aromatic rings. The van der Waals surface area contributed by atoms with Crippen molar-refractivity contribution in [2.75, 3.05) is 11.9 Å². The molecule has 0 spiro atoms. The number of rotatable bonds is 4. The van der Waals surface area contributed by atoms with Crippen LogP contribution in [-0.2, 0) is 0 Å². The second-order valence-corrected chi connectivity index (χ2v) is 5.18. The van der Waals surface area contributed by atoms with Gasteiger partial charge in [-0.15, -0.1) is 0 Å². The lowest BCUT2D eigenvalue weighted by Gasteiger charge is -2.24. The van der Waals surface area contributed by atoms with Gasteiger partial charge >= 0.3 is 0 Å². The Bertz CT molecular complexity index is 566. The molecule has 0 amide bonds. The van der Waals surface area contributed by atoms with Gasteiger partial charge in [-0.2, -0.15) is 20.1 Å². The first-order valence-corrected chi connectivity index (χ1v) is 6.67. The first kappa shape index (κ1) is 12.3. The second kappa shape index (κ2) is 4.77. The molecule has 1 atom stereocenters. The average molecular weight is 279 g/mol. The van der Waals surface area contributed by atoms with Gasteiger partial charge in [0.25, 0.3) is 5.95 Å². The van der Waals surface area contributed by atoms with Gasteiger partial charge in [-0.05, 0) is 43.4 Å². The first-order chi connectivity index (χ1) is 9.15. The average Bonchev–Trinajstić information content (AvgIpc) is 3.11. The van der Waals surface area contributed by atoms with E-state index in [1.807, 2.05) is 13.1 Å². The van der Waals surface area contributed by atoms with Gasteiger partial charge in [0.2, 0.25) is 11.2 Å². The van der Waals surface area contributed by atoms with E-state index in [1.165, 1.54) is 12.8 Å². The van der Waals surface area contributed by atoms with Gasteiger partial charge in [0, 0.05) is 25.5 Å². The Balaban J connectivity index is 1.93. The Kier molecular flexibility index (Phi) is 3.10. The first-order valence-electron chi connectivity index (χ1n) is 6.29. The summed E-state index contributed by atoms with van der Waals surface area (Å²) in [4.78, 5) is 14.8. The zero-order valence-electron chi connectivity index (χ0n) is 10.9. The normalized spacial score (nSPS) is 16.4. The SMILES string of the molecule is CC(C1CC1)N(C)c1nc(Cl)nc(-n2cccn2)n1. The number of hydrogen-bond acceptors (Lipinski definition) is 5. The number of nitrogens with zero attached hydrogens (tertiary/aromatic N) is 6. The predicted molar refractivity (Wildman–Crippen MR) is 72.5 cm³/mol. The molecule has 7 heteroatoms. The van der Waals surface area contributed by atoms with Crippen LogP contribution < -0.4 is 4.90 Å². The maximum absolute atomic E-state index is 5.98. The molecule has 0 aliphatic heterocycles. The molecular formula is C12H15ClN6. The summed E-state index contributed by atoms with van der Waals surface area (Å²) in [7, 11) is 1.99. The summed E-state index contributed by atoms with van der Waals surface area (Å²) in [5.41, 5.74) is 0. The van der Waals surface area contributed by atoms with E-state index in [-0.39, 0.29) is 5.28 Å². The quantitative estimate of drug-likeness (QED) is 0.855. The minimum absolute atomic E-state index is 0.186. The fourth-order valence-corrected chi connectivity index (χ4v) is 2.20. The van der Waals surface area contributed by atoms with E-state index in [2.05, 4.69) is 31.9 Å². The molecule has 1 saturated carbocycles. The van der Waals surface area contributed by atoms with E-state index in [0.717, 1.165) is 5.92 Å². The predicted octanol–water partition coefficient (Wildman–Crippen LogP) is 1.95. The number of hydrogen-bond donors (Lipinski definition) is 0. The maximum Gasteiger partial charge on any atom is 0.256 e. The van der Waals surface area contributed by atoms with E-state index in [0.29, 0.717) is 17.9 Å². The van der Waals surface area contributed by atoms with Crippen molar-refractivity contribution < 1.29 is 0 Å². The Hall–Kier alpha value is -1.69. The highest BCUT2D eigenvalue weighted by Crippen LogP contribution is 2.35. The third kappa shape index (κ3) is 2.53.